The normalized spacial score (nSPS) is 16.1. The van der Waals surface area contributed by atoms with Gasteiger partial charge in [-0.1, -0.05) is 32.0 Å². The smallest absolute Gasteiger partial charge is 0.418 e. The minimum atomic E-state index is -4.67. The van der Waals surface area contributed by atoms with Gasteiger partial charge in [-0.3, -0.25) is 4.79 Å². The van der Waals surface area contributed by atoms with Crippen LogP contribution in [0.2, 0.25) is 0 Å². The lowest BCUT2D eigenvalue weighted by Crippen LogP contribution is -2.43. The molecule has 0 saturated carbocycles. The molecule has 12 heteroatoms. The highest BCUT2D eigenvalue weighted by atomic mass is 32.2. The molecular weight excluding hydrogens is 545 g/mol. The van der Waals surface area contributed by atoms with Crippen molar-refractivity contribution in [2.45, 2.75) is 44.8 Å². The van der Waals surface area contributed by atoms with Crippen molar-refractivity contribution in [1.82, 2.24) is 9.97 Å². The zero-order valence-corrected chi connectivity index (χ0v) is 23.2. The Balaban J connectivity index is 1.58. The second-order valence-corrected chi connectivity index (χ2v) is 11.5. The summed E-state index contributed by atoms with van der Waals surface area (Å²) in [7, 11) is 0. The number of carboxylic acids is 1. The van der Waals surface area contributed by atoms with Crippen LogP contribution in [0, 0.1) is 11.3 Å². The molecule has 1 aliphatic heterocycles. The average Bonchev–Trinajstić information content (AvgIpc) is 2.92. The number of ether oxygens (including phenoxy) is 1. The highest BCUT2D eigenvalue weighted by Crippen LogP contribution is 2.40. The fourth-order valence-corrected chi connectivity index (χ4v) is 5.06. The second kappa shape index (κ2) is 11.9. The molecule has 1 fully saturated rings. The maximum atomic E-state index is 13.9. The van der Waals surface area contributed by atoms with Gasteiger partial charge in [0.15, 0.2) is 5.82 Å². The zero-order valence-electron chi connectivity index (χ0n) is 22.4. The minimum Gasteiger partial charge on any atom is -0.587 e. The summed E-state index contributed by atoms with van der Waals surface area (Å²) in [5.74, 6) is 0.104. The molecule has 1 aliphatic rings. The van der Waals surface area contributed by atoms with Gasteiger partial charge in [-0.25, -0.2) is 4.98 Å². The van der Waals surface area contributed by atoms with E-state index in [1.54, 1.807) is 37.3 Å². The number of nitrogens with zero attached hydrogens (tertiary/aromatic N) is 3. The van der Waals surface area contributed by atoms with Gasteiger partial charge in [0.2, 0.25) is 0 Å². The Morgan fingerprint density at radius 1 is 1.12 bits per heavy atom. The third kappa shape index (κ3) is 6.79. The molecule has 214 valence electrons. The monoisotopic (exact) mass is 576 g/mol. The summed E-state index contributed by atoms with van der Waals surface area (Å²) in [5, 5.41) is 9.63. The molecule has 0 amide bonds. The molecule has 1 atom stereocenters. The lowest BCUT2D eigenvalue weighted by atomic mass is 9.80. The first kappa shape index (κ1) is 29.5. The molecule has 1 aromatic carbocycles. The second-order valence-electron chi connectivity index (χ2n) is 10.3. The number of aliphatic carboxylic acids is 1. The van der Waals surface area contributed by atoms with E-state index in [1.165, 1.54) is 12.1 Å². The molecule has 4 rings (SSSR count). The number of carbonyl (C=O) groups is 1. The first-order valence-corrected chi connectivity index (χ1v) is 14.0. The van der Waals surface area contributed by atoms with Crippen LogP contribution in [0.3, 0.4) is 0 Å². The predicted octanol–water partition coefficient (Wildman–Crippen LogP) is 6.02. The van der Waals surface area contributed by atoms with Gasteiger partial charge in [-0.05, 0) is 56.0 Å². The van der Waals surface area contributed by atoms with Crippen LogP contribution in [-0.2, 0) is 22.3 Å². The molecule has 3 aromatic rings. The molecule has 1 unspecified atom stereocenters. The van der Waals surface area contributed by atoms with Crippen LogP contribution in [0.5, 0.6) is 5.75 Å². The Labute approximate surface area is 233 Å². The van der Waals surface area contributed by atoms with Gasteiger partial charge in [0.25, 0.3) is 5.03 Å². The minimum absolute atomic E-state index is 0.0256. The van der Waals surface area contributed by atoms with Gasteiger partial charge < -0.3 is 19.3 Å². The quantitative estimate of drug-likeness (QED) is 0.298. The van der Waals surface area contributed by atoms with E-state index in [0.29, 0.717) is 38.4 Å². The SMILES string of the molecule is CC(C)COc1ccccc1-c1nc(N[S+]([O-])c2cccc(N3CCC(C)(C(=O)O)CC3)n2)ccc1C(F)(F)F. The lowest BCUT2D eigenvalue weighted by molar-refractivity contribution is -0.149. The highest BCUT2D eigenvalue weighted by molar-refractivity contribution is 7.92. The summed E-state index contributed by atoms with van der Waals surface area (Å²) in [6, 6.07) is 13.4. The van der Waals surface area contributed by atoms with E-state index in [2.05, 4.69) is 14.7 Å². The van der Waals surface area contributed by atoms with Crippen LogP contribution in [0.25, 0.3) is 11.3 Å². The standard InChI is InChI=1S/C28H31F3N4O4S/c1-18(2)17-39-21-8-5-4-7-19(21)25-20(28(29,30)31)11-12-22(32-25)34-40(38)24-10-6-9-23(33-24)35-15-13-27(3,14-16-35)26(36)37/h4-12,18H,13-17H2,1-3H3,(H,32,34)(H,36,37). The summed E-state index contributed by atoms with van der Waals surface area (Å²) < 4.78 is 63.4. The molecule has 8 nitrogen and oxygen atoms in total. The predicted molar refractivity (Wildman–Crippen MR) is 146 cm³/mol. The van der Waals surface area contributed by atoms with Crippen molar-refractivity contribution in [2.24, 2.45) is 11.3 Å². The Morgan fingerprint density at radius 2 is 1.82 bits per heavy atom. The van der Waals surface area contributed by atoms with Crippen LogP contribution in [-0.4, -0.2) is 45.3 Å². The number of nitrogens with one attached hydrogen (secondary N) is 1. The van der Waals surface area contributed by atoms with E-state index >= 15 is 0 Å². The van der Waals surface area contributed by atoms with Crippen molar-refractivity contribution in [3.05, 3.63) is 60.2 Å². The van der Waals surface area contributed by atoms with Gasteiger partial charge >= 0.3 is 12.1 Å². The third-order valence-electron chi connectivity index (χ3n) is 6.72. The zero-order chi connectivity index (χ0) is 29.1. The molecule has 0 radical (unpaired) electrons. The van der Waals surface area contributed by atoms with E-state index in [0.717, 1.165) is 12.1 Å². The number of alkyl halides is 3. The molecule has 0 bridgehead atoms. The van der Waals surface area contributed by atoms with Crippen LogP contribution in [0.15, 0.2) is 59.6 Å². The lowest BCUT2D eigenvalue weighted by Gasteiger charge is -2.37. The summed E-state index contributed by atoms with van der Waals surface area (Å²) in [6.45, 7) is 6.85. The van der Waals surface area contributed by atoms with Crippen molar-refractivity contribution >= 4 is 29.0 Å². The molecule has 40 heavy (non-hydrogen) atoms. The van der Waals surface area contributed by atoms with E-state index < -0.39 is 34.5 Å². The topological polar surface area (TPSA) is 111 Å². The number of benzene rings is 1. The van der Waals surface area contributed by atoms with Gasteiger partial charge in [-0.15, -0.1) is 0 Å². The summed E-state index contributed by atoms with van der Waals surface area (Å²) >= 11 is -1.94. The molecule has 2 aromatic heterocycles. The molecule has 2 N–H and O–H groups in total. The number of para-hydroxylation sites is 1. The molecule has 1 saturated heterocycles. The maximum Gasteiger partial charge on any atom is 0.418 e. The van der Waals surface area contributed by atoms with Gasteiger partial charge in [0.05, 0.1) is 23.3 Å². The number of rotatable bonds is 9. The fourth-order valence-electron chi connectivity index (χ4n) is 4.27. The van der Waals surface area contributed by atoms with Crippen molar-refractivity contribution in [3.8, 4) is 17.0 Å². The maximum absolute atomic E-state index is 13.9. The molecular formula is C28H31F3N4O4S. The Bertz CT molecular complexity index is 1350. The molecule has 3 heterocycles. The Hall–Kier alpha value is -3.51. The van der Waals surface area contributed by atoms with Gasteiger partial charge in [-0.2, -0.15) is 22.9 Å². The first-order chi connectivity index (χ1) is 18.9. The van der Waals surface area contributed by atoms with Crippen LogP contribution >= 0.6 is 0 Å². The summed E-state index contributed by atoms with van der Waals surface area (Å²) in [6.07, 6.45) is -3.79. The van der Waals surface area contributed by atoms with E-state index in [9.17, 15) is 27.6 Å². The van der Waals surface area contributed by atoms with Crippen molar-refractivity contribution in [1.29, 1.82) is 0 Å². The number of halogens is 3. The fraction of sp³-hybridized carbons (Fsp3) is 0.393. The number of carboxylic acid groups (broad SMARTS) is 1. The summed E-state index contributed by atoms with van der Waals surface area (Å²) in [5.41, 5.74) is -1.92. The largest absolute Gasteiger partial charge is 0.587 e. The Morgan fingerprint density at radius 3 is 2.48 bits per heavy atom. The van der Waals surface area contributed by atoms with Crippen LogP contribution in [0.4, 0.5) is 24.8 Å². The third-order valence-corrected chi connectivity index (χ3v) is 7.72. The van der Waals surface area contributed by atoms with Crippen molar-refractivity contribution in [3.63, 3.8) is 0 Å². The Kier molecular flexibility index (Phi) is 8.79. The number of aromatic nitrogens is 2. The first-order valence-electron chi connectivity index (χ1n) is 12.8. The number of hydrogen-bond acceptors (Lipinski definition) is 7. The van der Waals surface area contributed by atoms with E-state index in [-0.39, 0.29) is 33.8 Å². The van der Waals surface area contributed by atoms with Crippen LogP contribution < -0.4 is 14.4 Å². The number of piperidine rings is 1. The highest BCUT2D eigenvalue weighted by Gasteiger charge is 2.38. The van der Waals surface area contributed by atoms with E-state index in [4.69, 9.17) is 4.74 Å². The van der Waals surface area contributed by atoms with Crippen molar-refractivity contribution < 1.29 is 32.4 Å². The van der Waals surface area contributed by atoms with Crippen LogP contribution in [0.1, 0.15) is 39.2 Å². The molecule has 0 aliphatic carbocycles. The number of hydrogen-bond donors (Lipinski definition) is 2. The van der Waals surface area contributed by atoms with Crippen molar-refractivity contribution in [2.75, 3.05) is 29.3 Å². The van der Waals surface area contributed by atoms with Gasteiger partial charge in [0.1, 0.15) is 22.9 Å². The van der Waals surface area contributed by atoms with Gasteiger partial charge in [0, 0.05) is 24.7 Å². The number of anilines is 2. The van der Waals surface area contributed by atoms with E-state index in [1.807, 2.05) is 18.7 Å². The molecule has 0 spiro atoms. The summed E-state index contributed by atoms with van der Waals surface area (Å²) in [4.78, 5) is 22.1. The average molecular weight is 577 g/mol. The number of pyridine rings is 2.